The average molecular weight is 296 g/mol. The highest BCUT2D eigenvalue weighted by Crippen LogP contribution is 2.36. The molecule has 0 radical (unpaired) electrons. The maximum atomic E-state index is 11.9. The predicted molar refractivity (Wildman–Crippen MR) is 80.7 cm³/mol. The third-order valence-electron chi connectivity index (χ3n) is 2.74. The van der Waals surface area contributed by atoms with Crippen LogP contribution in [0, 0.1) is 0 Å². The summed E-state index contributed by atoms with van der Waals surface area (Å²) >= 11 is 3.16. The minimum atomic E-state index is -0.0629. The molecule has 4 nitrogen and oxygen atoms in total. The van der Waals surface area contributed by atoms with Crippen LogP contribution in [0.5, 0.6) is 0 Å². The van der Waals surface area contributed by atoms with Crippen molar-refractivity contribution in [1.29, 1.82) is 0 Å². The van der Waals surface area contributed by atoms with Gasteiger partial charge in [-0.05, 0) is 24.3 Å². The number of carbonyl (C=O) groups excluding carboxylic acids is 2. The molecule has 2 amide bonds. The van der Waals surface area contributed by atoms with E-state index in [1.54, 1.807) is 30.6 Å². The van der Waals surface area contributed by atoms with E-state index in [4.69, 9.17) is 0 Å². The maximum Gasteiger partial charge on any atom is 0.237 e. The zero-order valence-electron chi connectivity index (χ0n) is 10.6. The maximum absolute atomic E-state index is 11.9. The second-order valence-electron chi connectivity index (χ2n) is 4.11. The van der Waals surface area contributed by atoms with E-state index >= 15 is 0 Å². The van der Waals surface area contributed by atoms with Gasteiger partial charge in [0.15, 0.2) is 0 Å². The quantitative estimate of drug-likeness (QED) is 0.816. The molecular formula is C13H16N2O2S2. The molecule has 0 aromatic heterocycles. The Labute approximate surface area is 121 Å². The molecule has 1 aromatic rings. The fourth-order valence-electron chi connectivity index (χ4n) is 1.71. The number of fused-ring (bicyclic) bond motifs is 1. The lowest BCUT2D eigenvalue weighted by atomic mass is 10.2. The van der Waals surface area contributed by atoms with Gasteiger partial charge < -0.3 is 10.6 Å². The molecule has 2 N–H and O–H groups in total. The largest absolute Gasteiger partial charge is 0.358 e. The number of rotatable bonds is 5. The molecule has 0 aliphatic carbocycles. The zero-order valence-corrected chi connectivity index (χ0v) is 12.3. The Bertz CT molecular complexity index is 479. The van der Waals surface area contributed by atoms with Crippen LogP contribution in [0.1, 0.15) is 6.42 Å². The first-order valence-electron chi connectivity index (χ1n) is 6.05. The number of para-hydroxylation sites is 1. The second kappa shape index (κ2) is 6.86. The summed E-state index contributed by atoms with van der Waals surface area (Å²) < 4.78 is 0. The molecular weight excluding hydrogens is 280 g/mol. The standard InChI is InChI=1S/C13H16N2O2S2/c1-14-12(16)8-18-7-6-11-13(17)15-9-4-2-3-5-10(9)19-11/h2-5,11H,6-8H2,1H3,(H,14,16)(H,15,17)/t11-/m1/s1. The van der Waals surface area contributed by atoms with Crippen molar-refractivity contribution in [2.24, 2.45) is 0 Å². The van der Waals surface area contributed by atoms with Crippen LogP contribution in [0.3, 0.4) is 0 Å². The summed E-state index contributed by atoms with van der Waals surface area (Å²) in [7, 11) is 1.63. The predicted octanol–water partition coefficient (Wildman–Crippen LogP) is 1.97. The summed E-state index contributed by atoms with van der Waals surface area (Å²) in [5.74, 6) is 1.34. The molecule has 0 unspecified atom stereocenters. The third-order valence-corrected chi connectivity index (χ3v) is 5.08. The number of hydrogen-bond acceptors (Lipinski definition) is 4. The smallest absolute Gasteiger partial charge is 0.237 e. The lowest BCUT2D eigenvalue weighted by molar-refractivity contribution is -0.118. The van der Waals surface area contributed by atoms with Gasteiger partial charge in [-0.25, -0.2) is 0 Å². The van der Waals surface area contributed by atoms with Crippen molar-refractivity contribution in [2.45, 2.75) is 16.6 Å². The molecule has 1 heterocycles. The summed E-state index contributed by atoms with van der Waals surface area (Å²) in [5, 5.41) is 5.44. The second-order valence-corrected chi connectivity index (χ2v) is 6.46. The molecule has 0 saturated carbocycles. The Morgan fingerprint density at radius 3 is 3.05 bits per heavy atom. The van der Waals surface area contributed by atoms with Crippen molar-refractivity contribution in [3.63, 3.8) is 0 Å². The van der Waals surface area contributed by atoms with Crippen LogP contribution in [-0.4, -0.2) is 35.6 Å². The topological polar surface area (TPSA) is 58.2 Å². The van der Waals surface area contributed by atoms with Crippen LogP contribution >= 0.6 is 23.5 Å². The van der Waals surface area contributed by atoms with Gasteiger partial charge in [0.05, 0.1) is 16.7 Å². The fourth-order valence-corrected chi connectivity index (χ4v) is 3.85. The zero-order chi connectivity index (χ0) is 13.7. The van der Waals surface area contributed by atoms with E-state index in [0.717, 1.165) is 22.8 Å². The van der Waals surface area contributed by atoms with Crippen LogP contribution in [0.4, 0.5) is 5.69 Å². The molecule has 2 rings (SSSR count). The number of hydrogen-bond donors (Lipinski definition) is 2. The van der Waals surface area contributed by atoms with Crippen molar-refractivity contribution in [1.82, 2.24) is 5.32 Å². The molecule has 0 spiro atoms. The van der Waals surface area contributed by atoms with Gasteiger partial charge in [0, 0.05) is 11.9 Å². The first kappa shape index (κ1) is 14.3. The van der Waals surface area contributed by atoms with Gasteiger partial charge in [0.2, 0.25) is 11.8 Å². The monoisotopic (exact) mass is 296 g/mol. The van der Waals surface area contributed by atoms with Gasteiger partial charge in [0.25, 0.3) is 0 Å². The number of carbonyl (C=O) groups is 2. The average Bonchev–Trinajstić information content (AvgIpc) is 2.43. The summed E-state index contributed by atoms with van der Waals surface area (Å²) in [6.07, 6.45) is 0.770. The van der Waals surface area contributed by atoms with E-state index < -0.39 is 0 Å². The summed E-state index contributed by atoms with van der Waals surface area (Å²) in [6, 6.07) is 7.82. The third kappa shape index (κ3) is 3.91. The van der Waals surface area contributed by atoms with Crippen molar-refractivity contribution in [3.05, 3.63) is 24.3 Å². The fraction of sp³-hybridized carbons (Fsp3) is 0.385. The van der Waals surface area contributed by atoms with Crippen LogP contribution in [-0.2, 0) is 9.59 Å². The van der Waals surface area contributed by atoms with E-state index in [-0.39, 0.29) is 17.1 Å². The Balaban J connectivity index is 1.82. The van der Waals surface area contributed by atoms with E-state index in [2.05, 4.69) is 10.6 Å². The molecule has 1 aliphatic heterocycles. The van der Waals surface area contributed by atoms with Crippen LogP contribution in [0.25, 0.3) is 0 Å². The van der Waals surface area contributed by atoms with Gasteiger partial charge in [-0.15, -0.1) is 11.8 Å². The minimum Gasteiger partial charge on any atom is -0.358 e. The van der Waals surface area contributed by atoms with Gasteiger partial charge in [-0.1, -0.05) is 12.1 Å². The molecule has 0 fully saturated rings. The van der Waals surface area contributed by atoms with Crippen molar-refractivity contribution in [3.8, 4) is 0 Å². The van der Waals surface area contributed by atoms with Gasteiger partial charge in [-0.2, -0.15) is 11.8 Å². The van der Waals surface area contributed by atoms with E-state index in [1.807, 2.05) is 24.3 Å². The Morgan fingerprint density at radius 2 is 2.26 bits per heavy atom. The van der Waals surface area contributed by atoms with Crippen LogP contribution in [0.2, 0.25) is 0 Å². The Morgan fingerprint density at radius 1 is 1.47 bits per heavy atom. The highest BCUT2D eigenvalue weighted by Gasteiger charge is 2.26. The van der Waals surface area contributed by atoms with E-state index in [0.29, 0.717) is 5.75 Å². The van der Waals surface area contributed by atoms with Gasteiger partial charge in [0.1, 0.15) is 0 Å². The number of amides is 2. The van der Waals surface area contributed by atoms with Crippen molar-refractivity contribution in [2.75, 3.05) is 23.9 Å². The van der Waals surface area contributed by atoms with Crippen LogP contribution in [0.15, 0.2) is 29.2 Å². The lowest BCUT2D eigenvalue weighted by Gasteiger charge is -2.23. The minimum absolute atomic E-state index is 0.0242. The number of thioether (sulfide) groups is 2. The summed E-state index contributed by atoms with van der Waals surface area (Å²) in [4.78, 5) is 24.1. The molecule has 6 heteroatoms. The molecule has 19 heavy (non-hydrogen) atoms. The molecule has 1 aliphatic rings. The van der Waals surface area contributed by atoms with Gasteiger partial charge in [-0.3, -0.25) is 9.59 Å². The number of anilines is 1. The number of nitrogens with one attached hydrogen (secondary N) is 2. The highest BCUT2D eigenvalue weighted by atomic mass is 32.2. The number of benzene rings is 1. The Kier molecular flexibility index (Phi) is 5.15. The first-order valence-corrected chi connectivity index (χ1v) is 8.09. The first-order chi connectivity index (χ1) is 9.20. The van der Waals surface area contributed by atoms with Gasteiger partial charge >= 0.3 is 0 Å². The molecule has 1 atom stereocenters. The van der Waals surface area contributed by atoms with Crippen molar-refractivity contribution >= 4 is 41.0 Å². The Hall–Kier alpha value is -1.14. The van der Waals surface area contributed by atoms with Crippen molar-refractivity contribution < 1.29 is 9.59 Å². The molecule has 0 saturated heterocycles. The van der Waals surface area contributed by atoms with E-state index in [1.165, 1.54) is 0 Å². The van der Waals surface area contributed by atoms with E-state index in [9.17, 15) is 9.59 Å². The summed E-state index contributed by atoms with van der Waals surface area (Å²) in [5.41, 5.74) is 0.895. The summed E-state index contributed by atoms with van der Waals surface area (Å²) in [6.45, 7) is 0. The normalized spacial score (nSPS) is 17.5. The molecule has 1 aromatic carbocycles. The molecule has 0 bridgehead atoms. The lowest BCUT2D eigenvalue weighted by Crippen LogP contribution is -2.29. The van der Waals surface area contributed by atoms with Crippen LogP contribution < -0.4 is 10.6 Å². The molecule has 102 valence electrons. The highest BCUT2D eigenvalue weighted by molar-refractivity contribution is 8.01. The SMILES string of the molecule is CNC(=O)CSCC[C@H]1Sc2ccccc2NC1=O.